The maximum atomic E-state index is 12.0. The molecule has 0 bridgehead atoms. The van der Waals surface area contributed by atoms with Crippen molar-refractivity contribution in [3.8, 4) is 0 Å². The second kappa shape index (κ2) is 7.67. The Labute approximate surface area is 104 Å². The first-order valence-electron chi connectivity index (χ1n) is 6.77. The normalized spacial score (nSPS) is 29.0. The van der Waals surface area contributed by atoms with Crippen LogP contribution in [0.3, 0.4) is 0 Å². The Bertz CT molecular complexity index is 223. The van der Waals surface area contributed by atoms with Crippen LogP contribution >= 0.6 is 0 Å². The Kier molecular flexibility index (Phi) is 6.52. The van der Waals surface area contributed by atoms with E-state index in [9.17, 15) is 4.79 Å². The summed E-state index contributed by atoms with van der Waals surface area (Å²) in [7, 11) is 0. The lowest BCUT2D eigenvalue weighted by atomic mass is 9.76. The summed E-state index contributed by atoms with van der Waals surface area (Å²) in [6, 6.07) is 0.0330. The molecule has 100 valence electrons. The van der Waals surface area contributed by atoms with E-state index in [1.165, 1.54) is 0 Å². The molecule has 4 nitrogen and oxygen atoms in total. The molecular weight excluding hydrogens is 216 g/mol. The monoisotopic (exact) mass is 242 g/mol. The maximum absolute atomic E-state index is 12.0. The lowest BCUT2D eigenvalue weighted by Crippen LogP contribution is -2.47. The zero-order valence-corrected chi connectivity index (χ0v) is 11.1. The lowest BCUT2D eigenvalue weighted by molar-refractivity contribution is -0.128. The smallest absolute Gasteiger partial charge is 0.224 e. The molecule has 0 heterocycles. The zero-order chi connectivity index (χ0) is 12.7. The molecule has 0 saturated heterocycles. The van der Waals surface area contributed by atoms with Gasteiger partial charge in [0.1, 0.15) is 0 Å². The molecule has 1 fully saturated rings. The van der Waals surface area contributed by atoms with Crippen LogP contribution in [0.1, 0.15) is 39.5 Å². The molecule has 0 aromatic heterocycles. The van der Waals surface area contributed by atoms with E-state index < -0.39 is 0 Å². The zero-order valence-electron chi connectivity index (χ0n) is 11.1. The summed E-state index contributed by atoms with van der Waals surface area (Å²) >= 11 is 0. The molecule has 1 amide bonds. The van der Waals surface area contributed by atoms with Crippen molar-refractivity contribution >= 4 is 5.91 Å². The van der Waals surface area contributed by atoms with E-state index in [4.69, 9.17) is 10.5 Å². The molecule has 3 unspecified atom stereocenters. The van der Waals surface area contributed by atoms with Crippen molar-refractivity contribution in [1.82, 2.24) is 5.32 Å². The number of hydrogen-bond acceptors (Lipinski definition) is 3. The largest absolute Gasteiger partial charge is 0.382 e. The van der Waals surface area contributed by atoms with E-state index in [-0.39, 0.29) is 17.9 Å². The molecule has 3 N–H and O–H groups in total. The number of rotatable bonds is 6. The van der Waals surface area contributed by atoms with Crippen molar-refractivity contribution in [3.63, 3.8) is 0 Å². The summed E-state index contributed by atoms with van der Waals surface area (Å²) in [5.41, 5.74) is 6.04. The average molecular weight is 242 g/mol. The number of ether oxygens (including phenoxy) is 1. The van der Waals surface area contributed by atoms with Crippen LogP contribution in [0.2, 0.25) is 0 Å². The Morgan fingerprint density at radius 1 is 1.47 bits per heavy atom. The predicted octanol–water partition coefficient (Wildman–Crippen LogP) is 1.29. The summed E-state index contributed by atoms with van der Waals surface area (Å²) in [5.74, 6) is 0.530. The van der Waals surface area contributed by atoms with Gasteiger partial charge in [0.15, 0.2) is 0 Å². The Balaban J connectivity index is 2.25. The van der Waals surface area contributed by atoms with Crippen LogP contribution in [0.25, 0.3) is 0 Å². The van der Waals surface area contributed by atoms with Crippen molar-refractivity contribution < 1.29 is 9.53 Å². The van der Waals surface area contributed by atoms with Crippen LogP contribution in [-0.4, -0.2) is 31.7 Å². The summed E-state index contributed by atoms with van der Waals surface area (Å²) in [6.07, 6.45) is 4.11. The SMILES string of the molecule is CCOCCCNC(=O)C1C(C)CCCC1N. The van der Waals surface area contributed by atoms with Gasteiger partial charge in [-0.25, -0.2) is 0 Å². The van der Waals surface area contributed by atoms with Crippen LogP contribution < -0.4 is 11.1 Å². The van der Waals surface area contributed by atoms with Crippen LogP contribution in [-0.2, 0) is 9.53 Å². The number of carbonyl (C=O) groups excluding carboxylic acids is 1. The highest BCUT2D eigenvalue weighted by Crippen LogP contribution is 2.28. The highest BCUT2D eigenvalue weighted by Gasteiger charge is 2.33. The highest BCUT2D eigenvalue weighted by atomic mass is 16.5. The van der Waals surface area contributed by atoms with Gasteiger partial charge in [-0.3, -0.25) is 4.79 Å². The van der Waals surface area contributed by atoms with E-state index >= 15 is 0 Å². The van der Waals surface area contributed by atoms with Crippen molar-refractivity contribution in [2.75, 3.05) is 19.8 Å². The van der Waals surface area contributed by atoms with Gasteiger partial charge >= 0.3 is 0 Å². The van der Waals surface area contributed by atoms with Gasteiger partial charge < -0.3 is 15.8 Å². The Morgan fingerprint density at radius 2 is 2.24 bits per heavy atom. The van der Waals surface area contributed by atoms with Gasteiger partial charge in [0, 0.05) is 25.8 Å². The first-order chi connectivity index (χ1) is 8.16. The molecule has 1 aliphatic rings. The molecule has 1 aliphatic carbocycles. The van der Waals surface area contributed by atoms with Gasteiger partial charge in [0.25, 0.3) is 0 Å². The third kappa shape index (κ3) is 4.64. The minimum absolute atomic E-state index is 0.00385. The standard InChI is InChI=1S/C13H26N2O2/c1-3-17-9-5-8-15-13(16)12-10(2)6-4-7-11(12)14/h10-12H,3-9,14H2,1-2H3,(H,15,16). The van der Waals surface area contributed by atoms with Crippen LogP contribution in [0.4, 0.5) is 0 Å². The first kappa shape index (κ1) is 14.5. The molecule has 1 rings (SSSR count). The van der Waals surface area contributed by atoms with Crippen LogP contribution in [0.15, 0.2) is 0 Å². The Morgan fingerprint density at radius 3 is 2.88 bits per heavy atom. The predicted molar refractivity (Wildman–Crippen MR) is 68.6 cm³/mol. The Hall–Kier alpha value is -0.610. The quantitative estimate of drug-likeness (QED) is 0.690. The highest BCUT2D eigenvalue weighted by molar-refractivity contribution is 5.79. The fourth-order valence-corrected chi connectivity index (χ4v) is 2.56. The minimum Gasteiger partial charge on any atom is -0.382 e. The number of amides is 1. The lowest BCUT2D eigenvalue weighted by Gasteiger charge is -2.33. The molecular formula is C13H26N2O2. The van der Waals surface area contributed by atoms with Crippen LogP contribution in [0, 0.1) is 11.8 Å². The summed E-state index contributed by atoms with van der Waals surface area (Å²) in [4.78, 5) is 12.0. The number of hydrogen-bond donors (Lipinski definition) is 2. The van der Waals surface area contributed by atoms with Gasteiger partial charge in [0.05, 0.1) is 5.92 Å². The molecule has 0 aromatic carbocycles. The van der Waals surface area contributed by atoms with Crippen LogP contribution in [0.5, 0.6) is 0 Å². The molecule has 17 heavy (non-hydrogen) atoms. The molecule has 4 heteroatoms. The van der Waals surface area contributed by atoms with Gasteiger partial charge in [-0.05, 0) is 32.1 Å². The van der Waals surface area contributed by atoms with E-state index in [0.717, 1.165) is 32.3 Å². The van der Waals surface area contributed by atoms with Gasteiger partial charge in [0.2, 0.25) is 5.91 Å². The fraction of sp³-hybridized carbons (Fsp3) is 0.923. The summed E-state index contributed by atoms with van der Waals surface area (Å²) in [6.45, 7) is 6.24. The van der Waals surface area contributed by atoms with Crippen molar-refractivity contribution in [1.29, 1.82) is 0 Å². The summed E-state index contributed by atoms with van der Waals surface area (Å²) < 4.78 is 5.23. The van der Waals surface area contributed by atoms with E-state index in [1.54, 1.807) is 0 Å². The number of nitrogens with one attached hydrogen (secondary N) is 1. The summed E-state index contributed by atoms with van der Waals surface area (Å²) in [5, 5.41) is 2.97. The third-order valence-electron chi connectivity index (χ3n) is 3.54. The van der Waals surface area contributed by atoms with Crippen molar-refractivity contribution in [3.05, 3.63) is 0 Å². The molecule has 0 aliphatic heterocycles. The third-order valence-corrected chi connectivity index (χ3v) is 3.54. The first-order valence-corrected chi connectivity index (χ1v) is 6.77. The molecule has 0 aromatic rings. The molecule has 0 spiro atoms. The number of nitrogens with two attached hydrogens (primary N) is 1. The van der Waals surface area contributed by atoms with Gasteiger partial charge in [-0.15, -0.1) is 0 Å². The molecule has 1 saturated carbocycles. The average Bonchev–Trinajstić information content (AvgIpc) is 2.28. The van der Waals surface area contributed by atoms with E-state index in [2.05, 4.69) is 12.2 Å². The topological polar surface area (TPSA) is 64.3 Å². The minimum atomic E-state index is -0.00385. The van der Waals surface area contributed by atoms with Crippen molar-refractivity contribution in [2.24, 2.45) is 17.6 Å². The maximum Gasteiger partial charge on any atom is 0.224 e. The fourth-order valence-electron chi connectivity index (χ4n) is 2.56. The van der Waals surface area contributed by atoms with Crippen molar-refractivity contribution in [2.45, 2.75) is 45.6 Å². The van der Waals surface area contributed by atoms with Gasteiger partial charge in [-0.2, -0.15) is 0 Å². The second-order valence-electron chi connectivity index (χ2n) is 4.94. The van der Waals surface area contributed by atoms with E-state index in [0.29, 0.717) is 19.1 Å². The van der Waals surface area contributed by atoms with E-state index in [1.807, 2.05) is 6.92 Å². The molecule has 3 atom stereocenters. The second-order valence-corrected chi connectivity index (χ2v) is 4.94. The molecule has 0 radical (unpaired) electrons. The van der Waals surface area contributed by atoms with Gasteiger partial charge in [-0.1, -0.05) is 13.3 Å². The number of carbonyl (C=O) groups is 1.